The van der Waals surface area contributed by atoms with Crippen molar-refractivity contribution in [2.24, 2.45) is 5.10 Å². The molecular weight excluding hydrogens is 250 g/mol. The van der Waals surface area contributed by atoms with Crippen molar-refractivity contribution < 1.29 is 9.66 Å². The zero-order valence-corrected chi connectivity index (χ0v) is 10.2. The van der Waals surface area contributed by atoms with Crippen LogP contribution in [0.1, 0.15) is 5.56 Å². The molecule has 8 heteroatoms. The number of methoxy groups -OCH3 is 1. The van der Waals surface area contributed by atoms with E-state index >= 15 is 0 Å². The number of nitriles is 2. The predicted molar refractivity (Wildman–Crippen MR) is 66.7 cm³/mol. The lowest BCUT2D eigenvalue weighted by Crippen LogP contribution is -2.00. The van der Waals surface area contributed by atoms with E-state index < -0.39 is 4.92 Å². The van der Waals surface area contributed by atoms with Crippen LogP contribution in [0.5, 0.6) is 5.75 Å². The van der Waals surface area contributed by atoms with Crippen molar-refractivity contribution >= 4 is 17.1 Å². The maximum Gasteiger partial charge on any atom is 0.311 e. The van der Waals surface area contributed by atoms with Gasteiger partial charge in [-0.2, -0.15) is 15.6 Å². The molecule has 0 aliphatic rings. The summed E-state index contributed by atoms with van der Waals surface area (Å²) >= 11 is 0. The first-order chi connectivity index (χ1) is 9.03. The molecule has 0 aromatic heterocycles. The van der Waals surface area contributed by atoms with E-state index in [1.165, 1.54) is 19.2 Å². The van der Waals surface area contributed by atoms with Crippen molar-refractivity contribution in [3.05, 3.63) is 27.8 Å². The van der Waals surface area contributed by atoms with Crippen LogP contribution in [-0.2, 0) is 0 Å². The number of hydrogen-bond donors (Lipinski definition) is 1. The predicted octanol–water partition coefficient (Wildman–Crippen LogP) is 1.73. The lowest BCUT2D eigenvalue weighted by Gasteiger charge is -2.08. The van der Waals surface area contributed by atoms with Gasteiger partial charge in [0.25, 0.3) is 0 Å². The normalized spacial score (nSPS) is 8.84. The zero-order valence-electron chi connectivity index (χ0n) is 10.2. The first-order valence-electron chi connectivity index (χ1n) is 5.00. The number of hydrogen-bond acceptors (Lipinski definition) is 7. The van der Waals surface area contributed by atoms with Gasteiger partial charge in [-0.05, 0) is 12.5 Å². The smallest absolute Gasteiger partial charge is 0.311 e. The molecule has 0 atom stereocenters. The molecule has 0 saturated heterocycles. The van der Waals surface area contributed by atoms with Crippen LogP contribution >= 0.6 is 0 Å². The van der Waals surface area contributed by atoms with E-state index in [1.54, 1.807) is 19.1 Å². The fraction of sp³-hybridized carbons (Fsp3) is 0.182. The minimum absolute atomic E-state index is 0.0590. The lowest BCUT2D eigenvalue weighted by molar-refractivity contribution is -0.385. The van der Waals surface area contributed by atoms with Gasteiger partial charge < -0.3 is 4.74 Å². The monoisotopic (exact) mass is 259 g/mol. The third-order valence-electron chi connectivity index (χ3n) is 2.22. The van der Waals surface area contributed by atoms with E-state index in [0.29, 0.717) is 11.3 Å². The van der Waals surface area contributed by atoms with E-state index in [9.17, 15) is 10.1 Å². The number of nitro groups is 1. The SMILES string of the molecule is COc1cc(NN=C(C#N)C#N)c(C)cc1[N+](=O)[O-]. The molecule has 1 aromatic rings. The molecule has 0 amide bonds. The number of nitrogens with one attached hydrogen (secondary N) is 1. The number of aryl methyl sites for hydroxylation is 1. The number of benzene rings is 1. The molecule has 0 saturated carbocycles. The van der Waals surface area contributed by atoms with Crippen molar-refractivity contribution in [3.8, 4) is 17.9 Å². The quantitative estimate of drug-likeness (QED) is 0.498. The van der Waals surface area contributed by atoms with Gasteiger partial charge in [-0.25, -0.2) is 0 Å². The molecule has 0 heterocycles. The van der Waals surface area contributed by atoms with E-state index in [0.717, 1.165) is 0 Å². The Hall–Kier alpha value is -3.13. The molecule has 8 nitrogen and oxygen atoms in total. The Kier molecular flexibility index (Phi) is 4.39. The first-order valence-corrected chi connectivity index (χ1v) is 5.00. The van der Waals surface area contributed by atoms with Crippen LogP contribution < -0.4 is 10.2 Å². The van der Waals surface area contributed by atoms with Crippen molar-refractivity contribution in [3.63, 3.8) is 0 Å². The summed E-state index contributed by atoms with van der Waals surface area (Å²) in [4.78, 5) is 10.2. The van der Waals surface area contributed by atoms with Gasteiger partial charge in [0.05, 0.1) is 17.7 Å². The van der Waals surface area contributed by atoms with Crippen molar-refractivity contribution in [1.82, 2.24) is 0 Å². The summed E-state index contributed by atoms with van der Waals surface area (Å²) in [5, 5.41) is 31.4. The summed E-state index contributed by atoms with van der Waals surface area (Å²) in [7, 11) is 1.31. The number of hydrazone groups is 1. The third-order valence-corrected chi connectivity index (χ3v) is 2.22. The summed E-state index contributed by atoms with van der Waals surface area (Å²) in [6.45, 7) is 1.63. The highest BCUT2D eigenvalue weighted by atomic mass is 16.6. The maximum atomic E-state index is 10.8. The summed E-state index contributed by atoms with van der Waals surface area (Å²) in [5.74, 6) is 0.0590. The lowest BCUT2D eigenvalue weighted by atomic mass is 10.1. The van der Waals surface area contributed by atoms with Crippen molar-refractivity contribution in [2.45, 2.75) is 6.92 Å². The summed E-state index contributed by atoms with van der Waals surface area (Å²) in [6.07, 6.45) is 0. The molecule has 1 rings (SSSR count). The molecule has 1 N–H and O–H groups in total. The fourth-order valence-corrected chi connectivity index (χ4v) is 1.29. The van der Waals surface area contributed by atoms with Crippen LogP contribution in [0, 0.1) is 39.7 Å². The summed E-state index contributed by atoms with van der Waals surface area (Å²) in [5.41, 5.74) is 2.92. The number of rotatable bonds is 4. The standard InChI is InChI=1S/C11H9N5O3/c1-7-3-10(16(17)18)11(19-2)4-9(7)15-14-8(5-12)6-13/h3-4,15H,1-2H3. The molecule has 0 spiro atoms. The number of anilines is 1. The van der Waals surface area contributed by atoms with Crippen LogP contribution in [0.2, 0.25) is 0 Å². The Morgan fingerprint density at radius 1 is 1.47 bits per heavy atom. The Morgan fingerprint density at radius 3 is 2.58 bits per heavy atom. The highest BCUT2D eigenvalue weighted by molar-refractivity contribution is 6.10. The van der Waals surface area contributed by atoms with E-state index in [-0.39, 0.29) is 17.1 Å². The molecule has 19 heavy (non-hydrogen) atoms. The number of ether oxygens (including phenoxy) is 1. The van der Waals surface area contributed by atoms with Gasteiger partial charge in [0.15, 0.2) is 5.75 Å². The molecular formula is C11H9N5O3. The molecule has 0 fully saturated rings. The van der Waals surface area contributed by atoms with Crippen LogP contribution in [0.3, 0.4) is 0 Å². The first kappa shape index (κ1) is 13.9. The Morgan fingerprint density at radius 2 is 2.11 bits per heavy atom. The zero-order chi connectivity index (χ0) is 14.4. The Labute approximate surface area is 108 Å². The van der Waals surface area contributed by atoms with E-state index in [1.807, 2.05) is 0 Å². The number of nitro benzene ring substituents is 1. The van der Waals surface area contributed by atoms with Gasteiger partial charge >= 0.3 is 5.69 Å². The minimum atomic E-state index is -0.561. The highest BCUT2D eigenvalue weighted by Crippen LogP contribution is 2.32. The average Bonchev–Trinajstić information content (AvgIpc) is 2.40. The van der Waals surface area contributed by atoms with Gasteiger partial charge in [-0.15, -0.1) is 0 Å². The summed E-state index contributed by atoms with van der Waals surface area (Å²) in [6, 6.07) is 5.87. The largest absolute Gasteiger partial charge is 0.490 e. The van der Waals surface area contributed by atoms with Crippen LogP contribution in [0.4, 0.5) is 11.4 Å². The van der Waals surface area contributed by atoms with Crippen molar-refractivity contribution in [2.75, 3.05) is 12.5 Å². The molecule has 96 valence electrons. The van der Waals surface area contributed by atoms with E-state index in [4.69, 9.17) is 15.3 Å². The topological polar surface area (TPSA) is 124 Å². The average molecular weight is 259 g/mol. The highest BCUT2D eigenvalue weighted by Gasteiger charge is 2.17. The van der Waals surface area contributed by atoms with Crippen LogP contribution in [-0.4, -0.2) is 17.7 Å². The third kappa shape index (κ3) is 3.17. The molecule has 0 bridgehead atoms. The van der Waals surface area contributed by atoms with Crippen LogP contribution in [0.25, 0.3) is 0 Å². The van der Waals surface area contributed by atoms with Gasteiger partial charge in [-0.3, -0.25) is 15.5 Å². The maximum absolute atomic E-state index is 10.8. The summed E-state index contributed by atoms with van der Waals surface area (Å²) < 4.78 is 4.90. The molecule has 0 aliphatic carbocycles. The van der Waals surface area contributed by atoms with Gasteiger partial charge in [0.2, 0.25) is 5.71 Å². The van der Waals surface area contributed by atoms with Gasteiger partial charge in [0.1, 0.15) is 12.1 Å². The molecule has 0 unspecified atom stereocenters. The van der Waals surface area contributed by atoms with Gasteiger partial charge in [0, 0.05) is 12.1 Å². The van der Waals surface area contributed by atoms with Crippen molar-refractivity contribution in [1.29, 1.82) is 10.5 Å². The Bertz CT molecular complexity index is 608. The minimum Gasteiger partial charge on any atom is -0.490 e. The molecule has 0 aliphatic heterocycles. The van der Waals surface area contributed by atoms with E-state index in [2.05, 4.69) is 10.5 Å². The second-order valence-electron chi connectivity index (χ2n) is 3.39. The van der Waals surface area contributed by atoms with Crippen LogP contribution in [0.15, 0.2) is 17.2 Å². The van der Waals surface area contributed by atoms with Gasteiger partial charge in [-0.1, -0.05) is 0 Å². The molecule has 0 radical (unpaired) electrons. The number of nitrogens with zero attached hydrogens (tertiary/aromatic N) is 4. The Balaban J connectivity index is 3.19. The molecule has 1 aromatic carbocycles. The second-order valence-corrected chi connectivity index (χ2v) is 3.39. The second kappa shape index (κ2) is 5.98. The fourth-order valence-electron chi connectivity index (χ4n) is 1.29.